The highest BCUT2D eigenvalue weighted by Gasteiger charge is 2.42. The van der Waals surface area contributed by atoms with E-state index in [1.807, 2.05) is 12.3 Å². The van der Waals surface area contributed by atoms with Gasteiger partial charge in [-0.1, -0.05) is 79.0 Å². The summed E-state index contributed by atoms with van der Waals surface area (Å²) in [7, 11) is 0. The number of thiocarbonyl (C=S) groups is 1. The number of hydrogen-bond acceptors (Lipinski definition) is 3. The molecule has 5 heteroatoms. The van der Waals surface area contributed by atoms with E-state index in [-0.39, 0.29) is 0 Å². The third kappa shape index (κ3) is 3.17. The summed E-state index contributed by atoms with van der Waals surface area (Å²) in [5, 5.41) is 5.81. The summed E-state index contributed by atoms with van der Waals surface area (Å²) in [6.45, 7) is 0. The molecule has 31 heavy (non-hydrogen) atoms. The minimum absolute atomic E-state index is 0.355. The summed E-state index contributed by atoms with van der Waals surface area (Å²) in [4.78, 5) is 5.11. The van der Waals surface area contributed by atoms with Crippen LogP contribution in [0.4, 0.5) is 0 Å². The molecule has 0 fully saturated rings. The average molecular weight is 425 g/mol. The quantitative estimate of drug-likeness (QED) is 0.346. The number of nitrogens with two attached hydrogens (primary N) is 1. The van der Waals surface area contributed by atoms with E-state index in [1.165, 1.54) is 23.1 Å². The molecule has 0 saturated carbocycles. The van der Waals surface area contributed by atoms with Crippen molar-refractivity contribution in [2.24, 2.45) is 5.73 Å². The third-order valence-corrected chi connectivity index (χ3v) is 6.41. The number of rotatable bonds is 5. The average Bonchev–Trinajstić information content (AvgIpc) is 3.26. The number of hydrogen-bond donors (Lipinski definition) is 1. The number of aromatic nitrogens is 3. The molecular formula is C26H24N4S. The Morgan fingerprint density at radius 2 is 1.61 bits per heavy atom. The number of pyridine rings is 1. The van der Waals surface area contributed by atoms with Crippen molar-refractivity contribution in [2.75, 3.05) is 0 Å². The molecule has 0 amide bonds. The van der Waals surface area contributed by atoms with Gasteiger partial charge in [-0.3, -0.25) is 0 Å². The van der Waals surface area contributed by atoms with Gasteiger partial charge in [0.1, 0.15) is 10.5 Å². The fourth-order valence-corrected chi connectivity index (χ4v) is 5.01. The predicted octanol–water partition coefficient (Wildman–Crippen LogP) is 5.36. The van der Waals surface area contributed by atoms with E-state index in [0.717, 1.165) is 35.9 Å². The molecule has 0 spiro atoms. The lowest BCUT2D eigenvalue weighted by Crippen LogP contribution is -2.40. The zero-order valence-corrected chi connectivity index (χ0v) is 18.1. The molecule has 0 atom stereocenters. The van der Waals surface area contributed by atoms with Crippen molar-refractivity contribution in [1.29, 1.82) is 0 Å². The summed E-state index contributed by atoms with van der Waals surface area (Å²) in [6, 6.07) is 23.1. The van der Waals surface area contributed by atoms with Gasteiger partial charge in [-0.15, -0.1) is 0 Å². The second-order valence-corrected chi connectivity index (χ2v) is 8.37. The van der Waals surface area contributed by atoms with Crippen molar-refractivity contribution in [2.45, 2.75) is 31.2 Å². The Hall–Kier alpha value is -3.31. The van der Waals surface area contributed by atoms with Gasteiger partial charge in [0.05, 0.1) is 6.20 Å². The van der Waals surface area contributed by atoms with Gasteiger partial charge in [0.2, 0.25) is 0 Å². The number of allylic oxidation sites excluding steroid dienone is 2. The number of nitrogens with zero attached hydrogens (tertiary/aromatic N) is 3. The van der Waals surface area contributed by atoms with Gasteiger partial charge in [0.25, 0.3) is 0 Å². The van der Waals surface area contributed by atoms with E-state index in [1.54, 1.807) is 6.20 Å². The Morgan fingerprint density at radius 1 is 0.935 bits per heavy atom. The topological polar surface area (TPSA) is 56.7 Å². The summed E-state index contributed by atoms with van der Waals surface area (Å²) < 4.78 is 2.08. The first-order chi connectivity index (χ1) is 15.2. The Balaban J connectivity index is 1.92. The van der Waals surface area contributed by atoms with Crippen LogP contribution in [0.1, 0.15) is 42.4 Å². The Bertz CT molecular complexity index is 1220. The van der Waals surface area contributed by atoms with Crippen LogP contribution in [-0.2, 0) is 5.54 Å². The smallest absolute Gasteiger partial charge is 0.159 e. The van der Waals surface area contributed by atoms with Gasteiger partial charge >= 0.3 is 0 Å². The maximum atomic E-state index is 6.02. The monoisotopic (exact) mass is 424 g/mol. The molecule has 4 aromatic rings. The van der Waals surface area contributed by atoms with Crippen LogP contribution in [0, 0.1) is 0 Å². The normalized spacial score (nSPS) is 14.4. The standard InChI is InChI=1S/C26H24N4S/c27-24(31)22-16-17-28-25-23(22)18-29-30(25)26(19-10-4-1-5-11-19,20-12-6-2-7-13-20)21-14-8-3-9-15-21/h1-2,4-7,10-14,16-18H,3,8-9,15H2,(H2,27,31). The van der Waals surface area contributed by atoms with Crippen LogP contribution >= 0.6 is 12.2 Å². The van der Waals surface area contributed by atoms with Crippen molar-refractivity contribution in [3.8, 4) is 0 Å². The molecule has 2 aromatic carbocycles. The van der Waals surface area contributed by atoms with Crippen molar-refractivity contribution < 1.29 is 0 Å². The van der Waals surface area contributed by atoms with Gasteiger partial charge in [0.15, 0.2) is 5.65 Å². The summed E-state index contributed by atoms with van der Waals surface area (Å²) >= 11 is 5.31. The van der Waals surface area contributed by atoms with E-state index in [0.29, 0.717) is 4.99 Å². The first kappa shape index (κ1) is 19.6. The SMILES string of the molecule is NC(=S)c1ccnc2c1cnn2C(C1=CCCCC1)(c1ccccc1)c1ccccc1. The highest BCUT2D eigenvalue weighted by atomic mass is 32.1. The maximum absolute atomic E-state index is 6.02. The van der Waals surface area contributed by atoms with E-state index < -0.39 is 5.54 Å². The molecule has 1 aliphatic rings. The Morgan fingerprint density at radius 3 is 2.19 bits per heavy atom. The minimum atomic E-state index is -0.591. The maximum Gasteiger partial charge on any atom is 0.159 e. The lowest BCUT2D eigenvalue weighted by atomic mass is 9.73. The summed E-state index contributed by atoms with van der Waals surface area (Å²) in [6.07, 6.45) is 10.5. The van der Waals surface area contributed by atoms with E-state index >= 15 is 0 Å². The first-order valence-electron chi connectivity index (χ1n) is 10.7. The zero-order chi connectivity index (χ0) is 21.3. The third-order valence-electron chi connectivity index (χ3n) is 6.19. The highest BCUT2D eigenvalue weighted by molar-refractivity contribution is 7.80. The van der Waals surface area contributed by atoms with Crippen molar-refractivity contribution in [3.63, 3.8) is 0 Å². The van der Waals surface area contributed by atoms with Crippen molar-refractivity contribution in [3.05, 3.63) is 107 Å². The number of fused-ring (bicyclic) bond motifs is 1. The van der Waals surface area contributed by atoms with Gasteiger partial charge < -0.3 is 5.73 Å². The van der Waals surface area contributed by atoms with Gasteiger partial charge in [-0.2, -0.15) is 5.10 Å². The molecule has 2 aromatic heterocycles. The Kier molecular flexibility index (Phi) is 5.12. The zero-order valence-electron chi connectivity index (χ0n) is 17.2. The molecule has 5 rings (SSSR count). The highest BCUT2D eigenvalue weighted by Crippen LogP contribution is 2.45. The molecule has 0 radical (unpaired) electrons. The molecule has 2 N–H and O–H groups in total. The predicted molar refractivity (Wildman–Crippen MR) is 129 cm³/mol. The first-order valence-corrected chi connectivity index (χ1v) is 11.1. The van der Waals surface area contributed by atoms with Gasteiger partial charge in [0, 0.05) is 17.1 Å². The molecule has 4 nitrogen and oxygen atoms in total. The van der Waals surface area contributed by atoms with E-state index in [2.05, 4.69) is 71.4 Å². The molecule has 0 bridgehead atoms. The van der Waals surface area contributed by atoms with Crippen LogP contribution in [0.3, 0.4) is 0 Å². The van der Waals surface area contributed by atoms with Crippen LogP contribution in [0.2, 0.25) is 0 Å². The molecule has 0 unspecified atom stereocenters. The summed E-state index contributed by atoms with van der Waals surface area (Å²) in [5.41, 5.74) is 10.7. The fourth-order valence-electron chi connectivity index (χ4n) is 4.83. The lowest BCUT2D eigenvalue weighted by Gasteiger charge is -2.39. The minimum Gasteiger partial charge on any atom is -0.389 e. The largest absolute Gasteiger partial charge is 0.389 e. The summed E-state index contributed by atoms with van der Waals surface area (Å²) in [5.74, 6) is 0. The molecule has 0 saturated heterocycles. The van der Waals surface area contributed by atoms with Crippen LogP contribution in [0.25, 0.3) is 11.0 Å². The molecule has 1 aliphatic carbocycles. The van der Waals surface area contributed by atoms with Crippen LogP contribution in [-0.4, -0.2) is 19.8 Å². The van der Waals surface area contributed by atoms with Crippen LogP contribution in [0.15, 0.2) is 90.8 Å². The van der Waals surface area contributed by atoms with Crippen molar-refractivity contribution in [1.82, 2.24) is 14.8 Å². The number of benzene rings is 2. The molecule has 0 aliphatic heterocycles. The molecule has 2 heterocycles. The second kappa shape index (κ2) is 8.08. The van der Waals surface area contributed by atoms with Crippen LogP contribution < -0.4 is 5.73 Å². The second-order valence-electron chi connectivity index (χ2n) is 7.93. The fraction of sp³-hybridized carbons (Fsp3) is 0.192. The van der Waals surface area contributed by atoms with Gasteiger partial charge in [-0.25, -0.2) is 9.67 Å². The molecule has 154 valence electrons. The van der Waals surface area contributed by atoms with Crippen LogP contribution in [0.5, 0.6) is 0 Å². The Labute approximate surface area is 187 Å². The van der Waals surface area contributed by atoms with Crippen molar-refractivity contribution >= 4 is 28.2 Å². The van der Waals surface area contributed by atoms with Gasteiger partial charge in [-0.05, 0) is 48.4 Å². The molecular weight excluding hydrogens is 400 g/mol. The van der Waals surface area contributed by atoms with E-state index in [9.17, 15) is 0 Å². The van der Waals surface area contributed by atoms with E-state index in [4.69, 9.17) is 28.0 Å². The lowest BCUT2D eigenvalue weighted by molar-refractivity contribution is 0.434.